The Morgan fingerprint density at radius 2 is 1.88 bits per heavy atom. The van der Waals surface area contributed by atoms with Crippen molar-refractivity contribution < 1.29 is 19.0 Å². The maximum Gasteiger partial charge on any atom is 0.228 e. The predicted molar refractivity (Wildman–Crippen MR) is 138 cm³/mol. The van der Waals surface area contributed by atoms with Crippen LogP contribution in [0, 0.1) is 0 Å². The smallest absolute Gasteiger partial charge is 0.228 e. The highest BCUT2D eigenvalue weighted by molar-refractivity contribution is 6.30. The van der Waals surface area contributed by atoms with Gasteiger partial charge in [0.1, 0.15) is 12.4 Å². The van der Waals surface area contributed by atoms with E-state index in [1.807, 2.05) is 24.3 Å². The zero-order chi connectivity index (χ0) is 24.7. The van der Waals surface area contributed by atoms with Crippen LogP contribution in [0.4, 0.5) is 5.69 Å². The normalized spacial score (nSPS) is 12.9. The number of hydrogen-bond acceptors (Lipinski definition) is 5. The van der Waals surface area contributed by atoms with Gasteiger partial charge >= 0.3 is 0 Å². The fourth-order valence-corrected chi connectivity index (χ4v) is 4.30. The van der Waals surface area contributed by atoms with Gasteiger partial charge in [-0.3, -0.25) is 9.69 Å². The summed E-state index contributed by atoms with van der Waals surface area (Å²) >= 11 is 6.08. The van der Waals surface area contributed by atoms with E-state index in [4.69, 9.17) is 25.8 Å². The number of anilines is 1. The highest BCUT2D eigenvalue weighted by Gasteiger charge is 2.16. The van der Waals surface area contributed by atoms with Crippen LogP contribution in [0.3, 0.4) is 0 Å². The lowest BCUT2D eigenvalue weighted by Crippen LogP contribution is -2.38. The maximum atomic E-state index is 12.7. The van der Waals surface area contributed by atoms with E-state index in [9.17, 15) is 4.79 Å². The van der Waals surface area contributed by atoms with Crippen molar-refractivity contribution in [3.8, 4) is 17.2 Å². The van der Waals surface area contributed by atoms with Crippen molar-refractivity contribution in [3.63, 3.8) is 0 Å². The molecule has 2 aromatic carbocycles. The summed E-state index contributed by atoms with van der Waals surface area (Å²) < 4.78 is 17.2. The summed E-state index contributed by atoms with van der Waals surface area (Å²) in [6.07, 6.45) is 3.09. The number of nitrogens with one attached hydrogen (secondary N) is 1. The molecule has 7 heteroatoms. The number of carbonyl (C=O) groups excluding carboxylic acids is 1. The summed E-state index contributed by atoms with van der Waals surface area (Å²) in [5.41, 5.74) is 2.43. The van der Waals surface area contributed by atoms with Crippen molar-refractivity contribution in [2.24, 2.45) is 0 Å². The zero-order valence-electron chi connectivity index (χ0n) is 20.7. The van der Waals surface area contributed by atoms with Crippen LogP contribution < -0.4 is 19.5 Å². The van der Waals surface area contributed by atoms with Crippen molar-refractivity contribution in [2.75, 3.05) is 32.2 Å². The van der Waals surface area contributed by atoms with E-state index in [1.54, 1.807) is 25.3 Å². The van der Waals surface area contributed by atoms with Crippen molar-refractivity contribution in [3.05, 3.63) is 52.6 Å². The molecule has 1 N–H and O–H groups in total. The quantitative estimate of drug-likeness (QED) is 0.392. The highest BCUT2D eigenvalue weighted by atomic mass is 35.5. The molecule has 0 aliphatic carbocycles. The molecule has 0 saturated heterocycles. The monoisotopic (exact) mass is 486 g/mol. The molecule has 1 amide bonds. The second kappa shape index (κ2) is 12.1. The first-order valence-corrected chi connectivity index (χ1v) is 12.1. The molecule has 0 spiro atoms. The molecule has 0 radical (unpaired) electrons. The summed E-state index contributed by atoms with van der Waals surface area (Å²) in [5.74, 6) is 1.90. The minimum absolute atomic E-state index is 0.124. The van der Waals surface area contributed by atoms with Gasteiger partial charge in [0, 0.05) is 41.0 Å². The van der Waals surface area contributed by atoms with Crippen molar-refractivity contribution in [2.45, 2.75) is 52.6 Å². The Balaban J connectivity index is 1.58. The molecule has 1 aliphatic rings. The molecule has 0 aromatic heterocycles. The number of rotatable bonds is 11. The fraction of sp³-hybridized carbons (Fsp3) is 0.444. The molecule has 0 bridgehead atoms. The van der Waals surface area contributed by atoms with Gasteiger partial charge in [0.15, 0.2) is 11.5 Å². The molecule has 0 atom stereocenters. The Morgan fingerprint density at radius 3 is 2.59 bits per heavy atom. The summed E-state index contributed by atoms with van der Waals surface area (Å²) in [6, 6.07) is 11.9. The maximum absolute atomic E-state index is 12.7. The number of methoxy groups -OCH3 is 1. The lowest BCUT2D eigenvalue weighted by atomic mass is 10.0. The van der Waals surface area contributed by atoms with Crippen molar-refractivity contribution in [1.29, 1.82) is 0 Å². The number of benzene rings is 2. The average Bonchev–Trinajstić information content (AvgIpc) is 2.78. The highest BCUT2D eigenvalue weighted by Crippen LogP contribution is 2.32. The van der Waals surface area contributed by atoms with Crippen LogP contribution in [0.15, 0.2) is 42.0 Å². The van der Waals surface area contributed by atoms with Gasteiger partial charge < -0.3 is 19.5 Å². The largest absolute Gasteiger partial charge is 0.493 e. The van der Waals surface area contributed by atoms with Gasteiger partial charge in [-0.1, -0.05) is 11.6 Å². The van der Waals surface area contributed by atoms with Crippen LogP contribution in [-0.2, 0) is 4.79 Å². The number of carbonyl (C=O) groups is 1. The minimum Gasteiger partial charge on any atom is -0.493 e. The van der Waals surface area contributed by atoms with Crippen molar-refractivity contribution >= 4 is 29.3 Å². The van der Waals surface area contributed by atoms with Crippen LogP contribution in [0.1, 0.15) is 46.1 Å². The molecule has 1 aliphatic heterocycles. The lowest BCUT2D eigenvalue weighted by Gasteiger charge is -2.30. The molecule has 1 heterocycles. The van der Waals surface area contributed by atoms with E-state index >= 15 is 0 Å². The number of nitrogens with zero attached hydrogens (tertiary/aromatic N) is 1. The van der Waals surface area contributed by atoms with Crippen LogP contribution in [0.5, 0.6) is 17.2 Å². The second-order valence-corrected chi connectivity index (χ2v) is 9.43. The van der Waals surface area contributed by atoms with Gasteiger partial charge in [0.05, 0.1) is 20.1 Å². The van der Waals surface area contributed by atoms with Gasteiger partial charge in [0.2, 0.25) is 5.91 Å². The molecule has 2 aromatic rings. The molecular formula is C27H35ClN2O4. The third-order valence-corrected chi connectivity index (χ3v) is 5.96. The Hall–Kier alpha value is -2.70. The van der Waals surface area contributed by atoms with Gasteiger partial charge in [0.25, 0.3) is 0 Å². The number of fused-ring (bicyclic) bond motifs is 1. The number of halogens is 1. The number of ether oxygens (including phenoxy) is 3. The molecule has 34 heavy (non-hydrogen) atoms. The third kappa shape index (κ3) is 7.15. The Bertz CT molecular complexity index is 1010. The van der Waals surface area contributed by atoms with Crippen LogP contribution in [0.2, 0.25) is 5.02 Å². The SMILES string of the molecule is COc1ccc(NC(=O)CC2=Cc3cc(Cl)ccc3OC2)cc1OCCCN(C(C)C)C(C)C. The summed E-state index contributed by atoms with van der Waals surface area (Å²) in [4.78, 5) is 15.1. The minimum atomic E-state index is -0.124. The Morgan fingerprint density at radius 1 is 1.12 bits per heavy atom. The van der Waals surface area contributed by atoms with Crippen LogP contribution >= 0.6 is 11.6 Å². The van der Waals surface area contributed by atoms with E-state index in [2.05, 4.69) is 37.9 Å². The predicted octanol–water partition coefficient (Wildman–Crippen LogP) is 6.04. The van der Waals surface area contributed by atoms with Crippen molar-refractivity contribution in [1.82, 2.24) is 4.90 Å². The van der Waals surface area contributed by atoms with E-state index in [1.165, 1.54) is 0 Å². The Kier molecular flexibility index (Phi) is 9.25. The first-order chi connectivity index (χ1) is 16.3. The van der Waals surface area contributed by atoms with E-state index in [0.29, 0.717) is 47.5 Å². The topological polar surface area (TPSA) is 60.0 Å². The lowest BCUT2D eigenvalue weighted by molar-refractivity contribution is -0.115. The summed E-state index contributed by atoms with van der Waals surface area (Å²) in [5, 5.41) is 3.58. The van der Waals surface area contributed by atoms with Gasteiger partial charge in [-0.2, -0.15) is 0 Å². The molecular weight excluding hydrogens is 452 g/mol. The molecule has 0 unspecified atom stereocenters. The second-order valence-electron chi connectivity index (χ2n) is 8.99. The van der Waals surface area contributed by atoms with E-state index < -0.39 is 0 Å². The van der Waals surface area contributed by atoms with E-state index in [-0.39, 0.29) is 12.3 Å². The van der Waals surface area contributed by atoms with Crippen LogP contribution in [0.25, 0.3) is 6.08 Å². The Labute approximate surface area is 207 Å². The summed E-state index contributed by atoms with van der Waals surface area (Å²) in [6.45, 7) is 10.7. The molecule has 3 rings (SSSR count). The number of amides is 1. The number of hydrogen-bond donors (Lipinski definition) is 1. The summed E-state index contributed by atoms with van der Waals surface area (Å²) in [7, 11) is 1.61. The zero-order valence-corrected chi connectivity index (χ0v) is 21.4. The molecule has 6 nitrogen and oxygen atoms in total. The van der Waals surface area contributed by atoms with E-state index in [0.717, 1.165) is 29.9 Å². The third-order valence-electron chi connectivity index (χ3n) is 5.72. The standard InChI is InChI=1S/C27H35ClN2O4/c1-18(2)30(19(3)4)11-6-12-33-26-16-23(8-10-25(26)32-5)29-27(31)14-20-13-21-15-22(28)7-9-24(21)34-17-20/h7-10,13,15-16,18-19H,6,11-12,14,17H2,1-5H3,(H,29,31). The van der Waals surface area contributed by atoms with Crippen LogP contribution in [-0.4, -0.2) is 49.8 Å². The average molecular weight is 487 g/mol. The van der Waals surface area contributed by atoms with Gasteiger partial charge in [-0.25, -0.2) is 0 Å². The van der Waals surface area contributed by atoms with Gasteiger partial charge in [-0.15, -0.1) is 0 Å². The molecule has 0 fully saturated rings. The molecule has 184 valence electrons. The molecule has 0 saturated carbocycles. The van der Waals surface area contributed by atoms with Gasteiger partial charge in [-0.05, 0) is 76.1 Å². The first-order valence-electron chi connectivity index (χ1n) is 11.7. The fourth-order valence-electron chi connectivity index (χ4n) is 4.12. The first kappa shape index (κ1) is 25.9.